The highest BCUT2D eigenvalue weighted by Crippen LogP contribution is 2.32. The minimum Gasteiger partial charge on any atom is -0.369 e. The maximum Gasteiger partial charge on any atom is 0.150 e. The molecule has 26 heavy (non-hydrogen) atoms. The molecular formula is C19H20FN5S. The van der Waals surface area contributed by atoms with E-state index in [2.05, 4.69) is 36.1 Å². The minimum atomic E-state index is -0.175. The number of halogens is 1. The van der Waals surface area contributed by atoms with Crippen molar-refractivity contribution in [3.63, 3.8) is 0 Å². The second-order valence-corrected chi connectivity index (χ2v) is 7.81. The quantitative estimate of drug-likeness (QED) is 0.709. The van der Waals surface area contributed by atoms with Gasteiger partial charge in [-0.1, -0.05) is 0 Å². The second kappa shape index (κ2) is 6.48. The first-order chi connectivity index (χ1) is 12.8. The molecule has 0 saturated carbocycles. The number of benzene rings is 1. The Labute approximate surface area is 155 Å². The van der Waals surface area contributed by atoms with Crippen LogP contribution < -0.4 is 9.80 Å². The second-order valence-electron chi connectivity index (χ2n) is 6.89. The Morgan fingerprint density at radius 1 is 0.923 bits per heavy atom. The molecule has 134 valence electrons. The van der Waals surface area contributed by atoms with Crippen LogP contribution >= 0.6 is 11.3 Å². The molecule has 0 unspecified atom stereocenters. The number of aromatic nitrogens is 2. The lowest BCUT2D eigenvalue weighted by atomic mass is 10.1. The largest absolute Gasteiger partial charge is 0.369 e. The summed E-state index contributed by atoms with van der Waals surface area (Å²) in [4.78, 5) is 16.1. The number of fused-ring (bicyclic) bond motifs is 1. The van der Waals surface area contributed by atoms with Gasteiger partial charge in [0.15, 0.2) is 0 Å². The smallest absolute Gasteiger partial charge is 0.150 e. The summed E-state index contributed by atoms with van der Waals surface area (Å²) in [5.41, 5.74) is 2.15. The Morgan fingerprint density at radius 3 is 2.46 bits per heavy atom. The van der Waals surface area contributed by atoms with Crippen molar-refractivity contribution in [1.29, 1.82) is 0 Å². The summed E-state index contributed by atoms with van der Waals surface area (Å²) >= 11 is 1.71. The number of piperazine rings is 1. The van der Waals surface area contributed by atoms with Gasteiger partial charge in [0.1, 0.15) is 18.0 Å². The predicted molar refractivity (Wildman–Crippen MR) is 104 cm³/mol. The summed E-state index contributed by atoms with van der Waals surface area (Å²) in [5.74, 6) is 0.901. The third-order valence-corrected chi connectivity index (χ3v) is 6.31. The molecule has 0 aliphatic carbocycles. The molecule has 2 fully saturated rings. The van der Waals surface area contributed by atoms with E-state index in [1.54, 1.807) is 29.8 Å². The summed E-state index contributed by atoms with van der Waals surface area (Å²) in [7, 11) is 0. The molecule has 2 saturated heterocycles. The standard InChI is InChI=1S/C19H20FN5S/c20-14-1-3-15(4-2-14)23-6-8-24(9-7-23)16-11-25(12-16)19-18-17(5-10-26-18)21-13-22-19/h1-5,10,13,16H,6-9,11-12H2. The van der Waals surface area contributed by atoms with Crippen LogP contribution in [0.3, 0.4) is 0 Å². The molecule has 2 aliphatic rings. The van der Waals surface area contributed by atoms with Crippen molar-refractivity contribution in [3.8, 4) is 0 Å². The van der Waals surface area contributed by atoms with Gasteiger partial charge in [-0.2, -0.15) is 0 Å². The molecule has 0 N–H and O–H groups in total. The first-order valence-electron chi connectivity index (χ1n) is 8.96. The third kappa shape index (κ3) is 2.81. The fraction of sp³-hybridized carbons (Fsp3) is 0.368. The highest BCUT2D eigenvalue weighted by atomic mass is 32.1. The number of thiophene rings is 1. The number of nitrogens with zero attached hydrogens (tertiary/aromatic N) is 5. The maximum atomic E-state index is 13.1. The third-order valence-electron chi connectivity index (χ3n) is 5.41. The minimum absolute atomic E-state index is 0.175. The van der Waals surface area contributed by atoms with E-state index in [0.717, 1.165) is 56.3 Å². The lowest BCUT2D eigenvalue weighted by molar-refractivity contribution is 0.157. The van der Waals surface area contributed by atoms with E-state index < -0.39 is 0 Å². The van der Waals surface area contributed by atoms with E-state index in [9.17, 15) is 4.39 Å². The van der Waals surface area contributed by atoms with E-state index in [4.69, 9.17) is 0 Å². The van der Waals surface area contributed by atoms with Crippen molar-refractivity contribution >= 4 is 33.1 Å². The molecule has 0 spiro atoms. The van der Waals surface area contributed by atoms with Gasteiger partial charge in [0, 0.05) is 51.0 Å². The van der Waals surface area contributed by atoms with Crippen LogP contribution in [0.2, 0.25) is 0 Å². The van der Waals surface area contributed by atoms with Gasteiger partial charge >= 0.3 is 0 Å². The Kier molecular flexibility index (Phi) is 3.98. The first kappa shape index (κ1) is 16.0. The zero-order valence-corrected chi connectivity index (χ0v) is 15.2. The number of rotatable bonds is 3. The molecule has 5 rings (SSSR count). The molecule has 5 nitrogen and oxygen atoms in total. The molecule has 4 heterocycles. The highest BCUT2D eigenvalue weighted by Gasteiger charge is 2.35. The van der Waals surface area contributed by atoms with Crippen molar-refractivity contribution in [1.82, 2.24) is 14.9 Å². The van der Waals surface area contributed by atoms with Gasteiger partial charge in [-0.05, 0) is 35.7 Å². The highest BCUT2D eigenvalue weighted by molar-refractivity contribution is 7.17. The maximum absolute atomic E-state index is 13.1. The van der Waals surface area contributed by atoms with Crippen molar-refractivity contribution in [3.05, 3.63) is 47.9 Å². The number of anilines is 2. The van der Waals surface area contributed by atoms with Crippen LogP contribution in [-0.4, -0.2) is 60.2 Å². The van der Waals surface area contributed by atoms with E-state index >= 15 is 0 Å². The van der Waals surface area contributed by atoms with Crippen LogP contribution in [0.1, 0.15) is 0 Å². The summed E-state index contributed by atoms with van der Waals surface area (Å²) in [6, 6.07) is 9.47. The van der Waals surface area contributed by atoms with Gasteiger partial charge in [0.25, 0.3) is 0 Å². The Bertz CT molecular complexity index is 898. The van der Waals surface area contributed by atoms with Crippen molar-refractivity contribution in [2.75, 3.05) is 49.1 Å². The lowest BCUT2D eigenvalue weighted by Crippen LogP contribution is -2.63. The lowest BCUT2D eigenvalue weighted by Gasteiger charge is -2.49. The SMILES string of the molecule is Fc1ccc(N2CCN(C3CN(c4ncnc5ccsc45)C3)CC2)cc1. The van der Waals surface area contributed by atoms with Crippen LogP contribution in [-0.2, 0) is 0 Å². The van der Waals surface area contributed by atoms with Crippen LogP contribution in [0, 0.1) is 5.82 Å². The zero-order valence-electron chi connectivity index (χ0n) is 14.4. The van der Waals surface area contributed by atoms with Crippen molar-refractivity contribution in [2.45, 2.75) is 6.04 Å². The van der Waals surface area contributed by atoms with Crippen LogP contribution in [0.25, 0.3) is 10.2 Å². The normalized spacial score (nSPS) is 19.1. The molecule has 2 aliphatic heterocycles. The Morgan fingerprint density at radius 2 is 1.69 bits per heavy atom. The fourth-order valence-electron chi connectivity index (χ4n) is 3.86. The molecule has 3 aromatic rings. The molecule has 0 atom stereocenters. The molecular weight excluding hydrogens is 349 g/mol. The van der Waals surface area contributed by atoms with Crippen LogP contribution in [0.5, 0.6) is 0 Å². The topological polar surface area (TPSA) is 35.5 Å². The fourth-order valence-corrected chi connectivity index (χ4v) is 4.72. The van der Waals surface area contributed by atoms with E-state index in [1.807, 2.05) is 12.1 Å². The van der Waals surface area contributed by atoms with Crippen LogP contribution in [0.15, 0.2) is 42.0 Å². The van der Waals surface area contributed by atoms with Gasteiger partial charge in [-0.3, -0.25) is 4.90 Å². The monoisotopic (exact) mass is 369 g/mol. The summed E-state index contributed by atoms with van der Waals surface area (Å²) < 4.78 is 14.3. The first-order valence-corrected chi connectivity index (χ1v) is 9.83. The molecule has 2 aromatic heterocycles. The van der Waals surface area contributed by atoms with Crippen molar-refractivity contribution in [2.24, 2.45) is 0 Å². The van der Waals surface area contributed by atoms with Gasteiger partial charge < -0.3 is 9.80 Å². The Hall–Kier alpha value is -2.25. The molecule has 7 heteroatoms. The van der Waals surface area contributed by atoms with Crippen LogP contribution in [0.4, 0.5) is 15.9 Å². The van der Waals surface area contributed by atoms with E-state index in [-0.39, 0.29) is 5.82 Å². The molecule has 0 amide bonds. The molecule has 0 bridgehead atoms. The van der Waals surface area contributed by atoms with Gasteiger partial charge in [0.05, 0.1) is 10.2 Å². The average Bonchev–Trinajstić information content (AvgIpc) is 3.11. The van der Waals surface area contributed by atoms with E-state index in [0.29, 0.717) is 6.04 Å². The average molecular weight is 369 g/mol. The summed E-state index contributed by atoms with van der Waals surface area (Å²) in [6.07, 6.45) is 1.67. The summed E-state index contributed by atoms with van der Waals surface area (Å²) in [6.45, 7) is 6.14. The number of hydrogen-bond donors (Lipinski definition) is 0. The Balaban J connectivity index is 1.19. The van der Waals surface area contributed by atoms with E-state index in [1.165, 1.54) is 4.70 Å². The molecule has 0 radical (unpaired) electrons. The zero-order chi connectivity index (χ0) is 17.5. The number of hydrogen-bond acceptors (Lipinski definition) is 6. The predicted octanol–water partition coefficient (Wildman–Crippen LogP) is 2.84. The van der Waals surface area contributed by atoms with Gasteiger partial charge in [-0.15, -0.1) is 11.3 Å². The molecule has 1 aromatic carbocycles. The summed E-state index contributed by atoms with van der Waals surface area (Å²) in [5, 5.41) is 2.08. The van der Waals surface area contributed by atoms with Gasteiger partial charge in [-0.25, -0.2) is 14.4 Å². The van der Waals surface area contributed by atoms with Gasteiger partial charge in [0.2, 0.25) is 0 Å². The van der Waals surface area contributed by atoms with Crippen molar-refractivity contribution < 1.29 is 4.39 Å².